The monoisotopic (exact) mass is 340 g/mol. The van der Waals surface area contributed by atoms with Gasteiger partial charge in [0.25, 0.3) is 5.91 Å². The molecule has 5 nitrogen and oxygen atoms in total. The molecule has 0 fully saturated rings. The molecule has 0 aliphatic rings. The van der Waals surface area contributed by atoms with E-state index >= 15 is 0 Å². The molecule has 1 amide bonds. The number of amides is 1. The second kappa shape index (κ2) is 8.87. The van der Waals surface area contributed by atoms with Gasteiger partial charge in [-0.15, -0.1) is 0 Å². The van der Waals surface area contributed by atoms with Crippen molar-refractivity contribution in [2.45, 2.75) is 27.4 Å². The second-order valence-corrected chi connectivity index (χ2v) is 5.70. The summed E-state index contributed by atoms with van der Waals surface area (Å²) in [6.45, 7) is 6.77. The molecule has 1 N–H and O–H groups in total. The molecule has 25 heavy (non-hydrogen) atoms. The van der Waals surface area contributed by atoms with E-state index in [4.69, 9.17) is 9.57 Å². The average Bonchev–Trinajstić information content (AvgIpc) is 2.59. The Kier molecular flexibility index (Phi) is 6.57. The van der Waals surface area contributed by atoms with E-state index in [9.17, 15) is 4.79 Å². The van der Waals surface area contributed by atoms with Crippen molar-refractivity contribution in [1.29, 1.82) is 0 Å². The topological polar surface area (TPSA) is 59.9 Å². The molecule has 0 aliphatic carbocycles. The largest absolute Gasteiger partial charge is 0.489 e. The van der Waals surface area contributed by atoms with Crippen LogP contribution in [0.5, 0.6) is 5.75 Å². The number of carbonyl (C=O) groups excluding carboxylic acids is 1. The lowest BCUT2D eigenvalue weighted by Crippen LogP contribution is -2.32. The minimum absolute atomic E-state index is 0.240. The van der Waals surface area contributed by atoms with Crippen LogP contribution in [0.25, 0.3) is 0 Å². The fourth-order valence-corrected chi connectivity index (χ4v) is 2.54. The molecule has 0 atom stereocenters. The Balaban J connectivity index is 2.27. The van der Waals surface area contributed by atoms with Crippen LogP contribution >= 0.6 is 0 Å². The number of ether oxygens (including phenoxy) is 1. The summed E-state index contributed by atoms with van der Waals surface area (Å²) in [5.74, 6) is 0.548. The van der Waals surface area contributed by atoms with Crippen LogP contribution in [-0.4, -0.2) is 25.3 Å². The molecule has 0 aromatic heterocycles. The zero-order valence-corrected chi connectivity index (χ0v) is 15.1. The van der Waals surface area contributed by atoms with Crippen molar-refractivity contribution in [3.63, 3.8) is 0 Å². The van der Waals surface area contributed by atoms with Gasteiger partial charge in [0.05, 0.1) is 0 Å². The third kappa shape index (κ3) is 4.83. The number of benzene rings is 2. The van der Waals surface area contributed by atoms with E-state index in [2.05, 4.69) is 16.5 Å². The van der Waals surface area contributed by atoms with E-state index in [-0.39, 0.29) is 11.6 Å². The fourth-order valence-electron chi connectivity index (χ4n) is 2.54. The number of carbonyl (C=O) groups is 1. The highest BCUT2D eigenvalue weighted by atomic mass is 16.6. The summed E-state index contributed by atoms with van der Waals surface area (Å²) in [5.41, 5.74) is 4.07. The first kappa shape index (κ1) is 18.5. The molecule has 0 unspecified atom stereocenters. The van der Waals surface area contributed by atoms with E-state index in [1.165, 1.54) is 12.7 Å². The maximum atomic E-state index is 12.3. The highest BCUT2D eigenvalue weighted by Crippen LogP contribution is 2.21. The van der Waals surface area contributed by atoms with Crippen LogP contribution in [-0.2, 0) is 16.2 Å². The summed E-state index contributed by atoms with van der Waals surface area (Å²) in [5, 5.41) is 6.66. The van der Waals surface area contributed by atoms with Crippen molar-refractivity contribution in [2.75, 3.05) is 13.7 Å². The van der Waals surface area contributed by atoms with Gasteiger partial charge in [-0.3, -0.25) is 4.79 Å². The number of oxime groups is 1. The highest BCUT2D eigenvalue weighted by molar-refractivity contribution is 6.45. The lowest BCUT2D eigenvalue weighted by molar-refractivity contribution is -0.114. The maximum Gasteiger partial charge on any atom is 0.273 e. The third-order valence-corrected chi connectivity index (χ3v) is 3.72. The number of hydrogen-bond donors (Lipinski definition) is 1. The first-order valence-electron chi connectivity index (χ1n) is 8.24. The van der Waals surface area contributed by atoms with E-state index in [0.717, 1.165) is 16.9 Å². The Bertz CT molecular complexity index is 769. The van der Waals surface area contributed by atoms with Crippen molar-refractivity contribution in [1.82, 2.24) is 5.32 Å². The predicted molar refractivity (Wildman–Crippen MR) is 98.9 cm³/mol. The van der Waals surface area contributed by atoms with Gasteiger partial charge in [0.15, 0.2) is 5.71 Å². The van der Waals surface area contributed by atoms with Crippen molar-refractivity contribution < 1.29 is 14.4 Å². The van der Waals surface area contributed by atoms with Crippen molar-refractivity contribution in [3.8, 4) is 5.75 Å². The maximum absolute atomic E-state index is 12.3. The molecule has 5 heteroatoms. The molecule has 0 saturated heterocycles. The zero-order chi connectivity index (χ0) is 18.2. The Morgan fingerprint density at radius 3 is 2.60 bits per heavy atom. The van der Waals surface area contributed by atoms with Gasteiger partial charge in [0, 0.05) is 12.1 Å². The average molecular weight is 340 g/mol. The van der Waals surface area contributed by atoms with E-state index < -0.39 is 0 Å². The van der Waals surface area contributed by atoms with Crippen LogP contribution in [0.3, 0.4) is 0 Å². The Morgan fingerprint density at radius 1 is 1.16 bits per heavy atom. The molecule has 2 aromatic carbocycles. The molecule has 0 saturated carbocycles. The SMILES string of the molecule is CCNC(=O)C(=NOC)c1ccccc1COc1ccc(C)cc1C. The molecule has 2 aromatic rings. The molecular formula is C20H24N2O3. The molecule has 132 valence electrons. The smallest absolute Gasteiger partial charge is 0.273 e. The number of rotatable bonds is 7. The molecule has 0 aliphatic heterocycles. The minimum atomic E-state index is -0.275. The van der Waals surface area contributed by atoms with Crippen LogP contribution in [0.15, 0.2) is 47.6 Å². The third-order valence-electron chi connectivity index (χ3n) is 3.72. The first-order chi connectivity index (χ1) is 12.1. The van der Waals surface area contributed by atoms with Crippen molar-refractivity contribution in [2.24, 2.45) is 5.16 Å². The number of hydrogen-bond acceptors (Lipinski definition) is 4. The predicted octanol–water partition coefficient (Wildman–Crippen LogP) is 3.37. The van der Waals surface area contributed by atoms with Crippen molar-refractivity contribution in [3.05, 3.63) is 64.7 Å². The van der Waals surface area contributed by atoms with Crippen molar-refractivity contribution >= 4 is 11.6 Å². The highest BCUT2D eigenvalue weighted by Gasteiger charge is 2.18. The van der Waals surface area contributed by atoms with E-state index in [0.29, 0.717) is 18.7 Å². The lowest BCUT2D eigenvalue weighted by atomic mass is 10.0. The van der Waals surface area contributed by atoms with Gasteiger partial charge in [-0.1, -0.05) is 47.1 Å². The van der Waals surface area contributed by atoms with E-state index in [1.54, 1.807) is 0 Å². The second-order valence-electron chi connectivity index (χ2n) is 5.70. The quantitative estimate of drug-likeness (QED) is 0.621. The summed E-state index contributed by atoms with van der Waals surface area (Å²) in [6.07, 6.45) is 0. The Morgan fingerprint density at radius 2 is 1.92 bits per heavy atom. The van der Waals surface area contributed by atoms with Crippen LogP contribution in [0.2, 0.25) is 0 Å². The van der Waals surface area contributed by atoms with Crippen LogP contribution in [0.1, 0.15) is 29.2 Å². The van der Waals surface area contributed by atoms with Crippen LogP contribution in [0.4, 0.5) is 0 Å². The normalized spacial score (nSPS) is 11.1. The Hall–Kier alpha value is -2.82. The van der Waals surface area contributed by atoms with Gasteiger partial charge in [0.1, 0.15) is 19.5 Å². The standard InChI is InChI=1S/C20H24N2O3/c1-5-21-20(23)19(22-24-4)17-9-7-6-8-16(17)13-25-18-11-10-14(2)12-15(18)3/h6-12H,5,13H2,1-4H3,(H,21,23). The lowest BCUT2D eigenvalue weighted by Gasteiger charge is -2.14. The summed E-state index contributed by atoms with van der Waals surface area (Å²) >= 11 is 0. The number of nitrogens with zero attached hydrogens (tertiary/aromatic N) is 1. The van der Waals surface area contributed by atoms with Gasteiger partial charge < -0.3 is 14.9 Å². The summed E-state index contributed by atoms with van der Waals surface area (Å²) < 4.78 is 5.96. The zero-order valence-electron chi connectivity index (χ0n) is 15.1. The molecular weight excluding hydrogens is 316 g/mol. The minimum Gasteiger partial charge on any atom is -0.489 e. The fraction of sp³-hybridized carbons (Fsp3) is 0.300. The molecule has 0 heterocycles. The number of aryl methyl sites for hydroxylation is 2. The van der Waals surface area contributed by atoms with Gasteiger partial charge in [-0.05, 0) is 38.0 Å². The van der Waals surface area contributed by atoms with Crippen LogP contribution in [0, 0.1) is 13.8 Å². The number of nitrogens with one attached hydrogen (secondary N) is 1. The van der Waals surface area contributed by atoms with Gasteiger partial charge in [-0.2, -0.15) is 0 Å². The van der Waals surface area contributed by atoms with Gasteiger partial charge in [-0.25, -0.2) is 0 Å². The molecule has 2 rings (SSSR count). The summed E-state index contributed by atoms with van der Waals surface area (Å²) in [4.78, 5) is 17.2. The molecule has 0 spiro atoms. The van der Waals surface area contributed by atoms with Gasteiger partial charge in [0.2, 0.25) is 0 Å². The molecule has 0 radical (unpaired) electrons. The van der Waals surface area contributed by atoms with Gasteiger partial charge >= 0.3 is 0 Å². The first-order valence-corrected chi connectivity index (χ1v) is 8.24. The summed E-state index contributed by atoms with van der Waals surface area (Å²) in [6, 6.07) is 13.6. The van der Waals surface area contributed by atoms with E-state index in [1.807, 2.05) is 57.2 Å². The summed E-state index contributed by atoms with van der Waals surface area (Å²) in [7, 11) is 1.42. The Labute approximate surface area is 148 Å². The van der Waals surface area contributed by atoms with Crippen LogP contribution < -0.4 is 10.1 Å². The molecule has 0 bridgehead atoms. The number of likely N-dealkylation sites (N-methyl/N-ethyl adjacent to an activating group) is 1.